The first-order valence-corrected chi connectivity index (χ1v) is 7.73. The third kappa shape index (κ3) is 2.76. The molecule has 0 N–H and O–H groups in total. The maximum Gasteiger partial charge on any atom is 0.101 e. The lowest BCUT2D eigenvalue weighted by Crippen LogP contribution is -2.25. The summed E-state index contributed by atoms with van der Waals surface area (Å²) in [6, 6.07) is 19.0. The SMILES string of the molecule is CC(C)N(C)c1ccc2ncc(C#N)c(-c3ccccc3)c2c1. The molecule has 0 amide bonds. The van der Waals surface area contributed by atoms with E-state index in [-0.39, 0.29) is 0 Å². The molecule has 0 saturated heterocycles. The highest BCUT2D eigenvalue weighted by molar-refractivity contribution is 5.98. The molecule has 0 saturated carbocycles. The number of aromatic nitrogens is 1. The number of pyridine rings is 1. The molecule has 0 unspecified atom stereocenters. The maximum absolute atomic E-state index is 9.51. The van der Waals surface area contributed by atoms with E-state index in [1.807, 2.05) is 36.4 Å². The minimum atomic E-state index is 0.403. The predicted molar refractivity (Wildman–Crippen MR) is 95.4 cm³/mol. The van der Waals surface area contributed by atoms with E-state index in [1.165, 1.54) is 0 Å². The zero-order valence-corrected chi connectivity index (χ0v) is 13.6. The van der Waals surface area contributed by atoms with E-state index in [4.69, 9.17) is 0 Å². The average molecular weight is 301 g/mol. The minimum absolute atomic E-state index is 0.403. The summed E-state index contributed by atoms with van der Waals surface area (Å²) in [7, 11) is 2.08. The number of anilines is 1. The number of hydrogen-bond acceptors (Lipinski definition) is 3. The average Bonchev–Trinajstić information content (AvgIpc) is 2.60. The quantitative estimate of drug-likeness (QED) is 0.708. The third-order valence-electron chi connectivity index (χ3n) is 4.22. The van der Waals surface area contributed by atoms with Gasteiger partial charge in [0.25, 0.3) is 0 Å². The largest absolute Gasteiger partial charge is 0.372 e. The van der Waals surface area contributed by atoms with Gasteiger partial charge in [0.2, 0.25) is 0 Å². The summed E-state index contributed by atoms with van der Waals surface area (Å²) >= 11 is 0. The normalized spacial score (nSPS) is 10.7. The van der Waals surface area contributed by atoms with Crippen molar-refractivity contribution in [1.29, 1.82) is 5.26 Å². The standard InChI is InChI=1S/C20H19N3/c1-14(2)23(3)17-9-10-19-18(11-17)20(16(12-21)13-22-19)15-7-5-4-6-8-15/h4-11,13-14H,1-3H3. The number of nitrogens with zero attached hydrogens (tertiary/aromatic N) is 3. The molecule has 0 fully saturated rings. The Morgan fingerprint density at radius 2 is 1.83 bits per heavy atom. The van der Waals surface area contributed by atoms with Crippen LogP contribution in [0.25, 0.3) is 22.0 Å². The van der Waals surface area contributed by atoms with Crippen molar-refractivity contribution in [3.63, 3.8) is 0 Å². The molecule has 2 aromatic carbocycles. The van der Waals surface area contributed by atoms with Crippen LogP contribution in [-0.2, 0) is 0 Å². The van der Waals surface area contributed by atoms with Gasteiger partial charge in [-0.1, -0.05) is 30.3 Å². The molecule has 0 atom stereocenters. The van der Waals surface area contributed by atoms with Gasteiger partial charge in [0, 0.05) is 35.9 Å². The minimum Gasteiger partial charge on any atom is -0.372 e. The Hall–Kier alpha value is -2.86. The van der Waals surface area contributed by atoms with Crippen molar-refractivity contribution in [2.75, 3.05) is 11.9 Å². The molecule has 3 nitrogen and oxygen atoms in total. The van der Waals surface area contributed by atoms with Crippen LogP contribution >= 0.6 is 0 Å². The van der Waals surface area contributed by atoms with Crippen LogP contribution in [0.15, 0.2) is 54.7 Å². The van der Waals surface area contributed by atoms with Crippen molar-refractivity contribution in [1.82, 2.24) is 4.98 Å². The maximum atomic E-state index is 9.51. The topological polar surface area (TPSA) is 39.9 Å². The third-order valence-corrected chi connectivity index (χ3v) is 4.22. The lowest BCUT2D eigenvalue weighted by Gasteiger charge is -2.24. The predicted octanol–water partition coefficient (Wildman–Crippen LogP) is 4.62. The summed E-state index contributed by atoms with van der Waals surface area (Å²) in [5.41, 5.74) is 4.64. The zero-order valence-electron chi connectivity index (χ0n) is 13.6. The van der Waals surface area contributed by atoms with Crippen molar-refractivity contribution >= 4 is 16.6 Å². The first-order chi connectivity index (χ1) is 11.1. The summed E-state index contributed by atoms with van der Waals surface area (Å²) in [5.74, 6) is 0. The van der Waals surface area contributed by atoms with Gasteiger partial charge < -0.3 is 4.90 Å². The second kappa shape index (κ2) is 6.10. The number of rotatable bonds is 3. The summed E-state index contributed by atoms with van der Waals surface area (Å²) in [6.07, 6.45) is 1.66. The highest BCUT2D eigenvalue weighted by Crippen LogP contribution is 2.33. The summed E-state index contributed by atoms with van der Waals surface area (Å²) in [6.45, 7) is 4.32. The second-order valence-corrected chi connectivity index (χ2v) is 5.93. The van der Waals surface area contributed by atoms with Gasteiger partial charge in [-0.25, -0.2) is 0 Å². The number of benzene rings is 2. The van der Waals surface area contributed by atoms with E-state index in [1.54, 1.807) is 6.20 Å². The molecule has 0 aliphatic carbocycles. The molecule has 23 heavy (non-hydrogen) atoms. The van der Waals surface area contributed by atoms with Gasteiger partial charge in [0.05, 0.1) is 11.1 Å². The van der Waals surface area contributed by atoms with Gasteiger partial charge in [0.15, 0.2) is 0 Å². The van der Waals surface area contributed by atoms with E-state index in [0.29, 0.717) is 11.6 Å². The van der Waals surface area contributed by atoms with Crippen LogP contribution in [0.3, 0.4) is 0 Å². The molecule has 3 aromatic rings. The van der Waals surface area contributed by atoms with E-state index in [9.17, 15) is 5.26 Å². The molecule has 0 aliphatic heterocycles. The van der Waals surface area contributed by atoms with Crippen molar-refractivity contribution < 1.29 is 0 Å². The molecule has 0 spiro atoms. The summed E-state index contributed by atoms with van der Waals surface area (Å²) in [5, 5.41) is 10.5. The Bertz CT molecular complexity index is 877. The molecule has 0 bridgehead atoms. The Balaban J connectivity index is 2.31. The van der Waals surface area contributed by atoms with Gasteiger partial charge in [-0.05, 0) is 37.6 Å². The van der Waals surface area contributed by atoms with Crippen LogP contribution in [0.1, 0.15) is 19.4 Å². The van der Waals surface area contributed by atoms with Gasteiger partial charge in [-0.15, -0.1) is 0 Å². The molecule has 0 aliphatic rings. The number of fused-ring (bicyclic) bond motifs is 1. The molecule has 3 heteroatoms. The van der Waals surface area contributed by atoms with Crippen molar-refractivity contribution in [3.05, 3.63) is 60.3 Å². The Morgan fingerprint density at radius 3 is 2.48 bits per heavy atom. The molecular formula is C20H19N3. The van der Waals surface area contributed by atoms with Crippen LogP contribution in [0.4, 0.5) is 5.69 Å². The van der Waals surface area contributed by atoms with E-state index >= 15 is 0 Å². The van der Waals surface area contributed by atoms with E-state index in [0.717, 1.165) is 27.7 Å². The van der Waals surface area contributed by atoms with Gasteiger partial charge in [0.1, 0.15) is 6.07 Å². The van der Waals surface area contributed by atoms with Gasteiger partial charge >= 0.3 is 0 Å². The second-order valence-electron chi connectivity index (χ2n) is 5.93. The molecule has 1 heterocycles. The number of hydrogen-bond donors (Lipinski definition) is 0. The van der Waals surface area contributed by atoms with Crippen LogP contribution in [0, 0.1) is 11.3 Å². The summed E-state index contributed by atoms with van der Waals surface area (Å²) in [4.78, 5) is 6.66. The Labute approximate surface area is 136 Å². The summed E-state index contributed by atoms with van der Waals surface area (Å²) < 4.78 is 0. The Morgan fingerprint density at radius 1 is 1.09 bits per heavy atom. The lowest BCUT2D eigenvalue weighted by molar-refractivity contribution is 0.755. The van der Waals surface area contributed by atoms with E-state index in [2.05, 4.69) is 49.0 Å². The van der Waals surface area contributed by atoms with Crippen molar-refractivity contribution in [2.24, 2.45) is 0 Å². The fraction of sp³-hybridized carbons (Fsp3) is 0.200. The molecule has 3 rings (SSSR count). The Kier molecular flexibility index (Phi) is 3.99. The number of nitriles is 1. The smallest absolute Gasteiger partial charge is 0.101 e. The lowest BCUT2D eigenvalue weighted by atomic mass is 9.96. The van der Waals surface area contributed by atoms with Crippen LogP contribution in [0.2, 0.25) is 0 Å². The molecule has 114 valence electrons. The molecule has 1 aromatic heterocycles. The monoisotopic (exact) mass is 301 g/mol. The van der Waals surface area contributed by atoms with Crippen LogP contribution in [-0.4, -0.2) is 18.1 Å². The fourth-order valence-electron chi connectivity index (χ4n) is 2.70. The van der Waals surface area contributed by atoms with Crippen molar-refractivity contribution in [3.8, 4) is 17.2 Å². The van der Waals surface area contributed by atoms with Gasteiger partial charge in [-0.3, -0.25) is 4.98 Å². The highest BCUT2D eigenvalue weighted by atomic mass is 15.1. The first kappa shape index (κ1) is 15.1. The zero-order chi connectivity index (χ0) is 16.4. The van der Waals surface area contributed by atoms with E-state index < -0.39 is 0 Å². The van der Waals surface area contributed by atoms with Crippen LogP contribution in [0.5, 0.6) is 0 Å². The van der Waals surface area contributed by atoms with Crippen molar-refractivity contribution in [2.45, 2.75) is 19.9 Å². The van der Waals surface area contributed by atoms with Crippen LogP contribution < -0.4 is 4.90 Å². The first-order valence-electron chi connectivity index (χ1n) is 7.73. The highest BCUT2D eigenvalue weighted by Gasteiger charge is 2.13. The molecular weight excluding hydrogens is 282 g/mol. The molecule has 0 radical (unpaired) electrons. The van der Waals surface area contributed by atoms with Gasteiger partial charge in [-0.2, -0.15) is 5.26 Å². The fourth-order valence-corrected chi connectivity index (χ4v) is 2.70.